The van der Waals surface area contributed by atoms with Crippen LogP contribution in [0.25, 0.3) is 0 Å². The van der Waals surface area contributed by atoms with E-state index in [0.29, 0.717) is 24.5 Å². The normalized spacial score (nSPS) is 11.9. The number of rotatable bonds is 9. The smallest absolute Gasteiger partial charge is 0.243 e. The van der Waals surface area contributed by atoms with Crippen molar-refractivity contribution in [1.82, 2.24) is 10.2 Å². The van der Waals surface area contributed by atoms with Crippen LogP contribution >= 0.6 is 11.6 Å². The first-order valence-electron chi connectivity index (χ1n) is 9.79. The highest BCUT2D eigenvalue weighted by Crippen LogP contribution is 2.18. The van der Waals surface area contributed by atoms with Crippen molar-refractivity contribution < 1.29 is 9.59 Å². The summed E-state index contributed by atoms with van der Waals surface area (Å²) in [6, 6.07) is 16.6. The van der Waals surface area contributed by atoms with Gasteiger partial charge in [-0.1, -0.05) is 74.8 Å². The van der Waals surface area contributed by atoms with E-state index >= 15 is 0 Å². The van der Waals surface area contributed by atoms with E-state index in [0.717, 1.165) is 17.5 Å². The number of benzene rings is 2. The first-order valence-corrected chi connectivity index (χ1v) is 10.2. The third-order valence-electron chi connectivity index (χ3n) is 4.54. The molecule has 5 heteroatoms. The Hall–Kier alpha value is -2.33. The molecule has 1 unspecified atom stereocenters. The minimum atomic E-state index is -0.570. The molecule has 0 spiro atoms. The van der Waals surface area contributed by atoms with E-state index in [-0.39, 0.29) is 17.7 Å². The van der Waals surface area contributed by atoms with Crippen LogP contribution < -0.4 is 5.32 Å². The van der Waals surface area contributed by atoms with Crippen molar-refractivity contribution in [2.24, 2.45) is 5.92 Å². The molecule has 0 aliphatic carbocycles. The molecule has 0 heterocycles. The lowest BCUT2D eigenvalue weighted by molar-refractivity contribution is -0.143. The Balaban J connectivity index is 2.35. The summed E-state index contributed by atoms with van der Waals surface area (Å²) in [7, 11) is 0. The molecule has 2 rings (SSSR count). The number of hydrogen-bond acceptors (Lipinski definition) is 2. The average molecular weight is 401 g/mol. The van der Waals surface area contributed by atoms with Gasteiger partial charge in [0.1, 0.15) is 6.04 Å². The van der Waals surface area contributed by atoms with Crippen molar-refractivity contribution in [2.45, 2.75) is 46.2 Å². The maximum Gasteiger partial charge on any atom is 0.243 e. The molecule has 4 nitrogen and oxygen atoms in total. The summed E-state index contributed by atoms with van der Waals surface area (Å²) in [5, 5.41) is 3.61. The minimum absolute atomic E-state index is 0.0393. The lowest BCUT2D eigenvalue weighted by atomic mass is 10.0. The van der Waals surface area contributed by atoms with Gasteiger partial charge in [0.05, 0.1) is 0 Å². The third-order valence-corrected chi connectivity index (χ3v) is 4.80. The predicted octanol–water partition coefficient (Wildman–Crippen LogP) is 4.46. The first kappa shape index (κ1) is 22.0. The van der Waals surface area contributed by atoms with Gasteiger partial charge in [-0.3, -0.25) is 9.59 Å². The van der Waals surface area contributed by atoms with Crippen molar-refractivity contribution in [3.63, 3.8) is 0 Å². The van der Waals surface area contributed by atoms with Crippen LogP contribution in [-0.4, -0.2) is 29.3 Å². The standard InChI is InChI=1S/C23H29ClN2O2/c1-4-14-25-22(27)21(15-18-8-6-5-7-9-18)26(23(28)17(2)3)16-19-10-12-20(24)13-11-19/h5-13,17,21H,4,14-16H2,1-3H3,(H,25,27). The van der Waals surface area contributed by atoms with Gasteiger partial charge in [-0.25, -0.2) is 0 Å². The lowest BCUT2D eigenvalue weighted by Crippen LogP contribution is -2.51. The number of hydrogen-bond donors (Lipinski definition) is 1. The van der Waals surface area contributed by atoms with E-state index in [1.54, 1.807) is 17.0 Å². The molecule has 28 heavy (non-hydrogen) atoms. The van der Waals surface area contributed by atoms with Crippen LogP contribution in [-0.2, 0) is 22.6 Å². The van der Waals surface area contributed by atoms with Crippen molar-refractivity contribution >= 4 is 23.4 Å². The highest BCUT2D eigenvalue weighted by atomic mass is 35.5. The van der Waals surface area contributed by atoms with E-state index in [2.05, 4.69) is 5.32 Å². The van der Waals surface area contributed by atoms with Crippen molar-refractivity contribution in [2.75, 3.05) is 6.54 Å². The van der Waals surface area contributed by atoms with Gasteiger partial charge in [-0.2, -0.15) is 0 Å². The molecule has 2 amide bonds. The Bertz CT molecular complexity index is 760. The maximum atomic E-state index is 13.0. The van der Waals surface area contributed by atoms with Crippen LogP contribution in [0.2, 0.25) is 5.02 Å². The van der Waals surface area contributed by atoms with E-state index in [4.69, 9.17) is 11.6 Å². The number of amides is 2. The van der Waals surface area contributed by atoms with Gasteiger partial charge in [0, 0.05) is 30.5 Å². The summed E-state index contributed by atoms with van der Waals surface area (Å²) in [5.41, 5.74) is 1.97. The molecule has 2 aromatic rings. The van der Waals surface area contributed by atoms with Gasteiger partial charge in [0.15, 0.2) is 0 Å². The molecular formula is C23H29ClN2O2. The Morgan fingerprint density at radius 2 is 1.64 bits per heavy atom. The molecule has 0 aliphatic rings. The molecule has 0 bridgehead atoms. The number of nitrogens with zero attached hydrogens (tertiary/aromatic N) is 1. The van der Waals surface area contributed by atoms with Gasteiger partial charge >= 0.3 is 0 Å². The van der Waals surface area contributed by atoms with Crippen LogP contribution in [0.5, 0.6) is 0 Å². The average Bonchev–Trinajstić information content (AvgIpc) is 2.70. The van der Waals surface area contributed by atoms with E-state index in [9.17, 15) is 9.59 Å². The summed E-state index contributed by atoms with van der Waals surface area (Å²) in [6.45, 7) is 6.69. The molecule has 2 aromatic carbocycles. The maximum absolute atomic E-state index is 13.0. The van der Waals surface area contributed by atoms with Crippen molar-refractivity contribution in [3.8, 4) is 0 Å². The molecule has 150 valence electrons. The van der Waals surface area contributed by atoms with Crippen LogP contribution in [0.4, 0.5) is 0 Å². The molecule has 1 N–H and O–H groups in total. The number of carbonyl (C=O) groups excluding carboxylic acids is 2. The van der Waals surface area contributed by atoms with Gasteiger partial charge < -0.3 is 10.2 Å². The number of halogens is 1. The molecule has 0 aromatic heterocycles. The van der Waals surface area contributed by atoms with E-state index in [1.807, 2.05) is 63.2 Å². The molecular weight excluding hydrogens is 372 g/mol. The predicted molar refractivity (Wildman–Crippen MR) is 114 cm³/mol. The molecule has 0 saturated carbocycles. The second-order valence-electron chi connectivity index (χ2n) is 7.24. The quantitative estimate of drug-likeness (QED) is 0.675. The fourth-order valence-electron chi connectivity index (χ4n) is 3.01. The summed E-state index contributed by atoms with van der Waals surface area (Å²) in [5.74, 6) is -0.360. The van der Waals surface area contributed by atoms with Crippen LogP contribution in [0, 0.1) is 5.92 Å². The fraction of sp³-hybridized carbons (Fsp3) is 0.391. The SMILES string of the molecule is CCCNC(=O)C(Cc1ccccc1)N(Cc1ccc(Cl)cc1)C(=O)C(C)C. The molecule has 1 atom stereocenters. The second-order valence-corrected chi connectivity index (χ2v) is 7.68. The van der Waals surface area contributed by atoms with Gasteiger partial charge in [0.25, 0.3) is 0 Å². The molecule has 0 radical (unpaired) electrons. The summed E-state index contributed by atoms with van der Waals surface area (Å²) >= 11 is 5.99. The van der Waals surface area contributed by atoms with Gasteiger partial charge in [-0.05, 0) is 29.7 Å². The van der Waals surface area contributed by atoms with Gasteiger partial charge in [-0.15, -0.1) is 0 Å². The molecule has 0 saturated heterocycles. The highest BCUT2D eigenvalue weighted by Gasteiger charge is 2.31. The topological polar surface area (TPSA) is 49.4 Å². The van der Waals surface area contributed by atoms with Crippen molar-refractivity contribution in [3.05, 3.63) is 70.7 Å². The fourth-order valence-corrected chi connectivity index (χ4v) is 3.13. The third kappa shape index (κ3) is 6.38. The monoisotopic (exact) mass is 400 g/mol. The minimum Gasteiger partial charge on any atom is -0.354 e. The van der Waals surface area contributed by atoms with Crippen LogP contribution in [0.3, 0.4) is 0 Å². The number of carbonyl (C=O) groups is 2. The zero-order valence-electron chi connectivity index (χ0n) is 16.8. The summed E-state index contributed by atoms with van der Waals surface area (Å²) < 4.78 is 0. The zero-order valence-corrected chi connectivity index (χ0v) is 17.6. The van der Waals surface area contributed by atoms with Crippen LogP contribution in [0.1, 0.15) is 38.3 Å². The van der Waals surface area contributed by atoms with E-state index < -0.39 is 6.04 Å². The van der Waals surface area contributed by atoms with Crippen LogP contribution in [0.15, 0.2) is 54.6 Å². The Labute approximate surface area is 172 Å². The summed E-state index contributed by atoms with van der Waals surface area (Å²) in [4.78, 5) is 27.7. The number of nitrogens with one attached hydrogen (secondary N) is 1. The van der Waals surface area contributed by atoms with Gasteiger partial charge in [0.2, 0.25) is 11.8 Å². The Morgan fingerprint density at radius 1 is 1.00 bits per heavy atom. The Morgan fingerprint density at radius 3 is 2.21 bits per heavy atom. The molecule has 0 fully saturated rings. The lowest BCUT2D eigenvalue weighted by Gasteiger charge is -2.32. The first-order chi connectivity index (χ1) is 13.4. The van der Waals surface area contributed by atoms with Crippen molar-refractivity contribution in [1.29, 1.82) is 0 Å². The van der Waals surface area contributed by atoms with E-state index in [1.165, 1.54) is 0 Å². The highest BCUT2D eigenvalue weighted by molar-refractivity contribution is 6.30. The Kier molecular flexibility index (Phi) is 8.52. The largest absolute Gasteiger partial charge is 0.354 e. The second kappa shape index (κ2) is 10.9. The zero-order chi connectivity index (χ0) is 20.5. The summed E-state index contributed by atoms with van der Waals surface area (Å²) in [6.07, 6.45) is 1.32. The molecule has 0 aliphatic heterocycles.